The molecule has 2 aromatic carbocycles. The summed E-state index contributed by atoms with van der Waals surface area (Å²) >= 11 is 0. The fraction of sp³-hybridized carbons (Fsp3) is 0.238. The van der Waals surface area contributed by atoms with Crippen LogP contribution in [0.2, 0.25) is 0 Å². The van der Waals surface area contributed by atoms with Gasteiger partial charge in [0.25, 0.3) is 0 Å². The molecule has 6 heteroatoms. The van der Waals surface area contributed by atoms with Crippen LogP contribution in [0.3, 0.4) is 0 Å². The highest BCUT2D eigenvalue weighted by Gasteiger charge is 2.14. The number of imidazole rings is 1. The lowest BCUT2D eigenvalue weighted by Gasteiger charge is -2.25. The first-order valence-electron chi connectivity index (χ1n) is 9.14. The van der Waals surface area contributed by atoms with Crippen LogP contribution in [0.15, 0.2) is 65.5 Å². The Morgan fingerprint density at radius 1 is 0.963 bits per heavy atom. The summed E-state index contributed by atoms with van der Waals surface area (Å²) in [7, 11) is 0. The molecule has 0 radical (unpaired) electrons. The highest BCUT2D eigenvalue weighted by Crippen LogP contribution is 2.23. The van der Waals surface area contributed by atoms with Crippen molar-refractivity contribution in [1.29, 1.82) is 0 Å². The summed E-state index contributed by atoms with van der Waals surface area (Å²) < 4.78 is 13.2. The first-order valence-corrected chi connectivity index (χ1v) is 9.14. The minimum atomic E-state index is 0.653. The van der Waals surface area contributed by atoms with E-state index in [2.05, 4.69) is 37.6 Å². The third kappa shape index (κ3) is 3.25. The van der Waals surface area contributed by atoms with Gasteiger partial charge in [-0.05, 0) is 36.4 Å². The first-order chi connectivity index (χ1) is 13.4. The molecule has 0 aliphatic carbocycles. The Balaban J connectivity index is 1.36. The normalized spacial score (nSPS) is 15.4. The van der Waals surface area contributed by atoms with Crippen LogP contribution in [0.25, 0.3) is 28.2 Å². The molecule has 1 aliphatic rings. The second-order valence-electron chi connectivity index (χ2n) is 6.68. The van der Waals surface area contributed by atoms with Gasteiger partial charge in [-0.3, -0.25) is 9.47 Å². The third-order valence-corrected chi connectivity index (χ3v) is 4.89. The van der Waals surface area contributed by atoms with Gasteiger partial charge < -0.3 is 9.15 Å². The smallest absolute Gasteiger partial charge is 0.226 e. The maximum Gasteiger partial charge on any atom is 0.226 e. The van der Waals surface area contributed by atoms with Gasteiger partial charge in [-0.25, -0.2) is 9.97 Å². The second-order valence-corrected chi connectivity index (χ2v) is 6.68. The van der Waals surface area contributed by atoms with E-state index in [1.54, 1.807) is 6.26 Å². The van der Waals surface area contributed by atoms with Crippen molar-refractivity contribution in [3.8, 4) is 17.1 Å². The van der Waals surface area contributed by atoms with Gasteiger partial charge in [0.15, 0.2) is 0 Å². The summed E-state index contributed by atoms with van der Waals surface area (Å²) in [6.07, 6.45) is 3.60. The average molecular weight is 360 g/mol. The minimum Gasteiger partial charge on any atom is -0.444 e. The lowest BCUT2D eigenvalue weighted by Crippen LogP contribution is -2.35. The number of ether oxygens (including phenoxy) is 1. The quantitative estimate of drug-likeness (QED) is 0.557. The van der Waals surface area contributed by atoms with Crippen molar-refractivity contribution in [3.05, 3.63) is 66.8 Å². The van der Waals surface area contributed by atoms with Gasteiger partial charge in [-0.1, -0.05) is 12.1 Å². The number of nitrogens with zero attached hydrogens (tertiary/aromatic N) is 4. The zero-order chi connectivity index (χ0) is 18.1. The molecule has 4 aromatic rings. The topological polar surface area (TPSA) is 56.3 Å². The van der Waals surface area contributed by atoms with Gasteiger partial charge in [-0.15, -0.1) is 0 Å². The van der Waals surface area contributed by atoms with Gasteiger partial charge in [0.05, 0.1) is 29.9 Å². The van der Waals surface area contributed by atoms with Gasteiger partial charge in [-0.2, -0.15) is 0 Å². The van der Waals surface area contributed by atoms with E-state index in [0.29, 0.717) is 5.89 Å². The fourth-order valence-corrected chi connectivity index (χ4v) is 3.43. The van der Waals surface area contributed by atoms with E-state index in [4.69, 9.17) is 9.15 Å². The molecule has 0 N–H and O–H groups in total. The van der Waals surface area contributed by atoms with E-state index in [-0.39, 0.29) is 0 Å². The number of fused-ring (bicyclic) bond motifs is 1. The van der Waals surface area contributed by atoms with Crippen LogP contribution >= 0.6 is 0 Å². The number of oxazole rings is 1. The largest absolute Gasteiger partial charge is 0.444 e. The van der Waals surface area contributed by atoms with Crippen LogP contribution in [0.5, 0.6) is 0 Å². The molecule has 136 valence electrons. The standard InChI is InChI=1S/C21H20N4O2/c1-2-4-20-19(3-1)22-15-25(20)18-7-5-16(6-8-18)21-23-17(14-27-21)13-24-9-11-26-12-10-24/h1-8,14-15H,9-13H2. The van der Waals surface area contributed by atoms with Crippen molar-refractivity contribution in [3.63, 3.8) is 0 Å². The molecule has 1 aliphatic heterocycles. The number of aromatic nitrogens is 3. The molecule has 1 fully saturated rings. The van der Waals surface area contributed by atoms with Gasteiger partial charge in [0.2, 0.25) is 5.89 Å². The minimum absolute atomic E-state index is 0.653. The maximum absolute atomic E-state index is 5.70. The van der Waals surface area contributed by atoms with Crippen molar-refractivity contribution in [1.82, 2.24) is 19.4 Å². The summed E-state index contributed by atoms with van der Waals surface area (Å²) in [4.78, 5) is 11.4. The highest BCUT2D eigenvalue weighted by molar-refractivity contribution is 5.77. The molecule has 0 saturated carbocycles. The Morgan fingerprint density at radius 2 is 1.78 bits per heavy atom. The number of benzene rings is 2. The molecule has 0 spiro atoms. The molecule has 0 amide bonds. The Kier molecular flexibility index (Phi) is 4.20. The number of rotatable bonds is 4. The Bertz CT molecular complexity index is 1050. The molecule has 1 saturated heterocycles. The monoisotopic (exact) mass is 360 g/mol. The fourth-order valence-electron chi connectivity index (χ4n) is 3.43. The maximum atomic E-state index is 5.70. The predicted molar refractivity (Wildman–Crippen MR) is 103 cm³/mol. The molecule has 0 unspecified atom stereocenters. The van der Waals surface area contributed by atoms with Crippen molar-refractivity contribution < 1.29 is 9.15 Å². The SMILES string of the molecule is c1ccc2c(c1)ncn2-c1ccc(-c2nc(CN3CCOCC3)co2)cc1. The van der Waals surface area contributed by atoms with Crippen molar-refractivity contribution in [2.45, 2.75) is 6.54 Å². The second kappa shape index (κ2) is 6.98. The van der Waals surface area contributed by atoms with Crippen LogP contribution < -0.4 is 0 Å². The number of para-hydroxylation sites is 2. The van der Waals surface area contributed by atoms with Gasteiger partial charge in [0, 0.05) is 30.9 Å². The van der Waals surface area contributed by atoms with Crippen LogP contribution in [0.4, 0.5) is 0 Å². The van der Waals surface area contributed by atoms with Crippen molar-refractivity contribution in [2.24, 2.45) is 0 Å². The average Bonchev–Trinajstić information content (AvgIpc) is 3.36. The summed E-state index contributed by atoms with van der Waals surface area (Å²) in [5, 5.41) is 0. The van der Waals surface area contributed by atoms with Crippen LogP contribution in [-0.2, 0) is 11.3 Å². The zero-order valence-corrected chi connectivity index (χ0v) is 14.9. The van der Waals surface area contributed by atoms with Crippen LogP contribution in [0.1, 0.15) is 5.69 Å². The van der Waals surface area contributed by atoms with E-state index in [0.717, 1.165) is 60.8 Å². The van der Waals surface area contributed by atoms with Gasteiger partial charge >= 0.3 is 0 Å². The summed E-state index contributed by atoms with van der Waals surface area (Å²) in [6, 6.07) is 16.3. The predicted octanol–water partition coefficient (Wildman–Crippen LogP) is 3.51. The van der Waals surface area contributed by atoms with E-state index in [1.165, 1.54) is 0 Å². The van der Waals surface area contributed by atoms with Crippen LogP contribution in [-0.4, -0.2) is 45.7 Å². The Labute approximate surface area is 157 Å². The zero-order valence-electron chi connectivity index (χ0n) is 14.9. The molecule has 27 heavy (non-hydrogen) atoms. The summed E-state index contributed by atoms with van der Waals surface area (Å²) in [6.45, 7) is 4.25. The molecule has 0 atom stereocenters. The number of hydrogen-bond donors (Lipinski definition) is 0. The lowest BCUT2D eigenvalue weighted by atomic mass is 10.2. The Hall–Kier alpha value is -2.96. The number of hydrogen-bond acceptors (Lipinski definition) is 5. The van der Waals surface area contributed by atoms with Crippen LogP contribution in [0, 0.1) is 0 Å². The molecular formula is C21H20N4O2. The highest BCUT2D eigenvalue weighted by atomic mass is 16.5. The number of morpholine rings is 1. The van der Waals surface area contributed by atoms with Crippen molar-refractivity contribution >= 4 is 11.0 Å². The molecule has 3 heterocycles. The molecule has 0 bridgehead atoms. The summed E-state index contributed by atoms with van der Waals surface area (Å²) in [5.74, 6) is 0.653. The van der Waals surface area contributed by atoms with E-state index in [9.17, 15) is 0 Å². The van der Waals surface area contributed by atoms with E-state index in [1.807, 2.05) is 36.7 Å². The lowest BCUT2D eigenvalue weighted by molar-refractivity contribution is 0.0336. The molecular weight excluding hydrogens is 340 g/mol. The third-order valence-electron chi connectivity index (χ3n) is 4.89. The summed E-state index contributed by atoms with van der Waals surface area (Å²) in [5.41, 5.74) is 5.07. The van der Waals surface area contributed by atoms with Gasteiger partial charge in [0.1, 0.15) is 12.6 Å². The Morgan fingerprint density at radius 3 is 2.63 bits per heavy atom. The molecule has 6 nitrogen and oxygen atoms in total. The van der Waals surface area contributed by atoms with E-state index >= 15 is 0 Å². The van der Waals surface area contributed by atoms with Crippen molar-refractivity contribution in [2.75, 3.05) is 26.3 Å². The van der Waals surface area contributed by atoms with E-state index < -0.39 is 0 Å². The molecule has 5 rings (SSSR count). The first kappa shape index (κ1) is 16.2. The molecule has 2 aromatic heterocycles.